The fourth-order valence-electron chi connectivity index (χ4n) is 4.56. The van der Waals surface area contributed by atoms with Crippen molar-refractivity contribution >= 4 is 40.2 Å². The molecule has 0 saturated carbocycles. The van der Waals surface area contributed by atoms with Gasteiger partial charge in [0.25, 0.3) is 5.56 Å². The van der Waals surface area contributed by atoms with Crippen LogP contribution in [-0.4, -0.2) is 38.3 Å². The first kappa shape index (κ1) is 26.1. The highest BCUT2D eigenvalue weighted by atomic mass is 35.5. The Balaban J connectivity index is 1.36. The number of fused-ring (bicyclic) bond motifs is 1. The highest BCUT2D eigenvalue weighted by molar-refractivity contribution is 6.30. The molecule has 0 aliphatic carbocycles. The maximum atomic E-state index is 13.2. The molecule has 2 N–H and O–H groups in total. The van der Waals surface area contributed by atoms with Crippen LogP contribution >= 0.6 is 23.2 Å². The van der Waals surface area contributed by atoms with Gasteiger partial charge >= 0.3 is 0 Å². The van der Waals surface area contributed by atoms with Crippen molar-refractivity contribution in [1.29, 1.82) is 0 Å². The molecule has 1 fully saturated rings. The molecule has 1 saturated heterocycles. The number of anilines is 1. The van der Waals surface area contributed by atoms with Gasteiger partial charge in [0.2, 0.25) is 0 Å². The summed E-state index contributed by atoms with van der Waals surface area (Å²) in [5.41, 5.74) is 7.21. The van der Waals surface area contributed by atoms with E-state index in [0.717, 1.165) is 5.56 Å². The first-order valence-corrected chi connectivity index (χ1v) is 13.3. The standard InChI is InChI=1S/C29H23Cl2N5O4/c30-18-6-10-20(11-7-18)38-16-23-22(39-21-12-8-19(31)9-13-21)14-25(40-23)36-24(37)15-33-26-27(32)34-28(35-29(26)36)17-4-2-1-3-5-17/h1-13,15,22-23,25H,14,16H2,(H2,32,34,35)/t22-,23+,25+/m0/s1. The van der Waals surface area contributed by atoms with Crippen molar-refractivity contribution < 1.29 is 14.2 Å². The average molecular weight is 576 g/mol. The van der Waals surface area contributed by atoms with E-state index >= 15 is 0 Å². The highest BCUT2D eigenvalue weighted by Gasteiger charge is 2.40. The molecule has 0 spiro atoms. The van der Waals surface area contributed by atoms with E-state index in [0.29, 0.717) is 39.3 Å². The Kier molecular flexibility index (Phi) is 7.25. The smallest absolute Gasteiger partial charge is 0.272 e. The van der Waals surface area contributed by atoms with Gasteiger partial charge in [0, 0.05) is 22.0 Å². The van der Waals surface area contributed by atoms with Crippen molar-refractivity contribution in [2.75, 3.05) is 12.3 Å². The van der Waals surface area contributed by atoms with E-state index in [9.17, 15) is 4.79 Å². The van der Waals surface area contributed by atoms with E-state index < -0.39 is 18.4 Å². The van der Waals surface area contributed by atoms with E-state index in [2.05, 4.69) is 15.0 Å². The number of aromatic nitrogens is 4. The number of rotatable bonds is 7. The second-order valence-electron chi connectivity index (χ2n) is 9.18. The average Bonchev–Trinajstić information content (AvgIpc) is 3.36. The number of nitrogen functional groups attached to an aromatic ring is 1. The number of hydrogen-bond acceptors (Lipinski definition) is 8. The fourth-order valence-corrected chi connectivity index (χ4v) is 4.81. The van der Waals surface area contributed by atoms with Crippen LogP contribution in [0.3, 0.4) is 0 Å². The highest BCUT2D eigenvalue weighted by Crippen LogP contribution is 2.34. The summed E-state index contributed by atoms with van der Waals surface area (Å²) in [5.74, 6) is 1.77. The number of hydrogen-bond donors (Lipinski definition) is 1. The summed E-state index contributed by atoms with van der Waals surface area (Å²) in [5, 5.41) is 1.20. The maximum absolute atomic E-state index is 13.2. The van der Waals surface area contributed by atoms with Crippen LogP contribution in [0.25, 0.3) is 22.6 Å². The summed E-state index contributed by atoms with van der Waals surface area (Å²) < 4.78 is 20.2. The third-order valence-electron chi connectivity index (χ3n) is 6.49. The second kappa shape index (κ2) is 11.1. The van der Waals surface area contributed by atoms with Gasteiger partial charge in [-0.1, -0.05) is 53.5 Å². The van der Waals surface area contributed by atoms with Crippen LogP contribution in [0.15, 0.2) is 89.9 Å². The van der Waals surface area contributed by atoms with Crippen LogP contribution in [-0.2, 0) is 4.74 Å². The molecule has 9 nitrogen and oxygen atoms in total. The first-order valence-electron chi connectivity index (χ1n) is 12.5. The minimum Gasteiger partial charge on any atom is -0.491 e. The predicted molar refractivity (Wildman–Crippen MR) is 153 cm³/mol. The zero-order chi connectivity index (χ0) is 27.6. The summed E-state index contributed by atoms with van der Waals surface area (Å²) >= 11 is 12.1. The molecule has 2 aromatic heterocycles. The number of nitrogens with two attached hydrogens (primary N) is 1. The maximum Gasteiger partial charge on any atom is 0.272 e. The van der Waals surface area contributed by atoms with Gasteiger partial charge in [0.1, 0.15) is 42.1 Å². The van der Waals surface area contributed by atoms with Crippen molar-refractivity contribution in [2.45, 2.75) is 24.9 Å². The summed E-state index contributed by atoms with van der Waals surface area (Å²) in [6, 6.07) is 23.5. The lowest BCUT2D eigenvalue weighted by molar-refractivity contribution is -0.0352. The normalized spacial score (nSPS) is 18.6. The zero-order valence-electron chi connectivity index (χ0n) is 21.0. The van der Waals surface area contributed by atoms with Gasteiger partial charge in [-0.25, -0.2) is 15.0 Å². The van der Waals surface area contributed by atoms with Gasteiger partial charge in [0.15, 0.2) is 17.3 Å². The molecule has 5 aromatic rings. The monoisotopic (exact) mass is 575 g/mol. The Morgan fingerprint density at radius 2 is 1.60 bits per heavy atom. The Hall–Kier alpha value is -4.18. The number of ether oxygens (including phenoxy) is 3. The third kappa shape index (κ3) is 5.44. The Morgan fingerprint density at radius 3 is 2.30 bits per heavy atom. The molecule has 0 radical (unpaired) electrons. The minimum atomic E-state index is -0.730. The molecule has 1 aliphatic rings. The molecule has 3 aromatic carbocycles. The second-order valence-corrected chi connectivity index (χ2v) is 10.1. The van der Waals surface area contributed by atoms with Gasteiger partial charge in [-0.3, -0.25) is 9.36 Å². The fraction of sp³-hybridized carbons (Fsp3) is 0.172. The molecule has 0 bridgehead atoms. The van der Waals surface area contributed by atoms with Crippen molar-refractivity contribution in [3.8, 4) is 22.9 Å². The van der Waals surface area contributed by atoms with E-state index in [1.165, 1.54) is 10.8 Å². The summed E-state index contributed by atoms with van der Waals surface area (Å²) in [6.07, 6.45) is -0.186. The van der Waals surface area contributed by atoms with Crippen LogP contribution in [0, 0.1) is 0 Å². The van der Waals surface area contributed by atoms with Crippen LogP contribution in [0.2, 0.25) is 10.0 Å². The van der Waals surface area contributed by atoms with Crippen LogP contribution in [0.4, 0.5) is 5.82 Å². The molecule has 40 heavy (non-hydrogen) atoms. The van der Waals surface area contributed by atoms with Crippen LogP contribution in [0.5, 0.6) is 11.5 Å². The lowest BCUT2D eigenvalue weighted by atomic mass is 10.1. The number of halogens is 2. The van der Waals surface area contributed by atoms with Gasteiger partial charge < -0.3 is 19.9 Å². The van der Waals surface area contributed by atoms with Gasteiger partial charge in [-0.2, -0.15) is 0 Å². The predicted octanol–water partition coefficient (Wildman–Crippen LogP) is 5.56. The Labute approximate surface area is 239 Å². The molecule has 0 unspecified atom stereocenters. The first-order chi connectivity index (χ1) is 19.4. The van der Waals surface area contributed by atoms with Crippen LogP contribution < -0.4 is 20.8 Å². The topological polar surface area (TPSA) is 114 Å². The number of nitrogens with zero attached hydrogens (tertiary/aromatic N) is 4. The molecule has 1 aliphatic heterocycles. The molecule has 202 valence electrons. The summed E-state index contributed by atoms with van der Waals surface area (Å²) in [6.45, 7) is 0.167. The lowest BCUT2D eigenvalue weighted by Crippen LogP contribution is -2.32. The van der Waals surface area contributed by atoms with Crippen molar-refractivity contribution in [3.05, 3.63) is 105 Å². The molecular formula is C29H23Cl2N5O4. The summed E-state index contributed by atoms with van der Waals surface area (Å²) in [4.78, 5) is 26.5. The molecule has 0 amide bonds. The lowest BCUT2D eigenvalue weighted by Gasteiger charge is -2.20. The van der Waals surface area contributed by atoms with Crippen LogP contribution in [0.1, 0.15) is 12.6 Å². The molecule has 6 rings (SSSR count). The van der Waals surface area contributed by atoms with E-state index in [1.807, 2.05) is 30.3 Å². The van der Waals surface area contributed by atoms with E-state index in [-0.39, 0.29) is 23.6 Å². The molecule has 11 heteroatoms. The Morgan fingerprint density at radius 1 is 0.925 bits per heavy atom. The molecular weight excluding hydrogens is 553 g/mol. The quantitative estimate of drug-likeness (QED) is 0.268. The van der Waals surface area contributed by atoms with Crippen molar-refractivity contribution in [1.82, 2.24) is 19.5 Å². The van der Waals surface area contributed by atoms with E-state index in [4.69, 9.17) is 43.1 Å². The van der Waals surface area contributed by atoms with Gasteiger partial charge in [-0.15, -0.1) is 0 Å². The van der Waals surface area contributed by atoms with Gasteiger partial charge in [-0.05, 0) is 48.5 Å². The molecule has 3 atom stereocenters. The minimum absolute atomic E-state index is 0.159. The largest absolute Gasteiger partial charge is 0.491 e. The third-order valence-corrected chi connectivity index (χ3v) is 7.00. The number of benzene rings is 3. The molecule has 3 heterocycles. The van der Waals surface area contributed by atoms with Crippen molar-refractivity contribution in [3.63, 3.8) is 0 Å². The van der Waals surface area contributed by atoms with Gasteiger partial charge in [0.05, 0.1) is 6.20 Å². The van der Waals surface area contributed by atoms with Crippen molar-refractivity contribution in [2.24, 2.45) is 0 Å². The zero-order valence-corrected chi connectivity index (χ0v) is 22.5. The summed E-state index contributed by atoms with van der Waals surface area (Å²) in [7, 11) is 0. The Bertz CT molecular complexity index is 1700. The SMILES string of the molecule is Nc1nc(-c2ccccc2)nc2c1ncc(=O)n2[C@H]1C[C@H](Oc2ccc(Cl)cc2)[C@@H](COc2ccc(Cl)cc2)O1. The van der Waals surface area contributed by atoms with E-state index in [1.54, 1.807) is 48.5 Å².